The minimum atomic E-state index is -4.62. The van der Waals surface area contributed by atoms with E-state index in [1.165, 1.54) is 0 Å². The molecule has 2 heterocycles. The summed E-state index contributed by atoms with van der Waals surface area (Å²) in [5.74, 6) is -1.06. The number of carbonyl (C=O) groups excluding carboxylic acids is 1. The number of aromatic nitrogens is 2. The van der Waals surface area contributed by atoms with Crippen LogP contribution in [0.2, 0.25) is 0 Å². The Hall–Kier alpha value is -3.16. The van der Waals surface area contributed by atoms with Gasteiger partial charge in [-0.2, -0.15) is 13.2 Å². The van der Waals surface area contributed by atoms with Gasteiger partial charge < -0.3 is 10.2 Å². The molecule has 1 aliphatic rings. The molecule has 8 heteroatoms. The lowest BCUT2D eigenvalue weighted by atomic mass is 9.95. The highest BCUT2D eigenvalue weighted by molar-refractivity contribution is 5.89. The van der Waals surface area contributed by atoms with E-state index in [2.05, 4.69) is 15.3 Å². The third-order valence-corrected chi connectivity index (χ3v) is 5.31. The first-order chi connectivity index (χ1) is 14.4. The van der Waals surface area contributed by atoms with E-state index in [1.54, 1.807) is 24.3 Å². The summed E-state index contributed by atoms with van der Waals surface area (Å²) in [6.45, 7) is 1.38. The van der Waals surface area contributed by atoms with Crippen LogP contribution >= 0.6 is 0 Å². The second kappa shape index (κ2) is 8.30. The number of piperidine rings is 1. The van der Waals surface area contributed by atoms with Gasteiger partial charge in [0.1, 0.15) is 5.82 Å². The quantitative estimate of drug-likeness (QED) is 0.696. The first-order valence-corrected chi connectivity index (χ1v) is 9.82. The van der Waals surface area contributed by atoms with Crippen molar-refractivity contribution in [2.24, 2.45) is 5.92 Å². The van der Waals surface area contributed by atoms with Crippen molar-refractivity contribution in [3.63, 3.8) is 0 Å². The minimum Gasteiger partial charge on any atom is -0.356 e. The maximum atomic E-state index is 13.3. The second-order valence-electron chi connectivity index (χ2n) is 7.35. The maximum absolute atomic E-state index is 13.3. The first kappa shape index (κ1) is 20.1. The van der Waals surface area contributed by atoms with E-state index in [0.29, 0.717) is 37.9 Å². The fourth-order valence-electron chi connectivity index (χ4n) is 3.71. The molecule has 156 valence electrons. The normalized spacial score (nSPS) is 15.4. The third-order valence-electron chi connectivity index (χ3n) is 5.31. The van der Waals surface area contributed by atoms with Gasteiger partial charge in [-0.15, -0.1) is 0 Å². The molecule has 1 fully saturated rings. The number of nitrogens with one attached hydrogen (secondary N) is 1. The Balaban J connectivity index is 1.46. The molecule has 4 rings (SSSR count). The summed E-state index contributed by atoms with van der Waals surface area (Å²) in [4.78, 5) is 21.8. The monoisotopic (exact) mass is 414 g/mol. The summed E-state index contributed by atoms with van der Waals surface area (Å²) in [5.41, 5.74) is 1.29. The molecule has 3 aromatic rings. The molecule has 0 radical (unpaired) electrons. The molecular formula is C22H21F3N4O. The Kier molecular flexibility index (Phi) is 5.57. The van der Waals surface area contributed by atoms with Gasteiger partial charge in [-0.25, -0.2) is 9.97 Å². The van der Waals surface area contributed by atoms with Gasteiger partial charge in [0.25, 0.3) is 0 Å². The Bertz CT molecular complexity index is 1030. The average molecular weight is 414 g/mol. The van der Waals surface area contributed by atoms with Crippen molar-refractivity contribution in [3.05, 3.63) is 66.0 Å². The van der Waals surface area contributed by atoms with Crippen molar-refractivity contribution in [1.82, 2.24) is 15.3 Å². The van der Waals surface area contributed by atoms with Gasteiger partial charge in [0.2, 0.25) is 11.7 Å². The molecule has 0 saturated carbocycles. The average Bonchev–Trinajstić information content (AvgIpc) is 2.77. The van der Waals surface area contributed by atoms with Crippen LogP contribution in [0.15, 0.2) is 54.6 Å². The zero-order chi connectivity index (χ0) is 21.1. The Morgan fingerprint density at radius 1 is 1.00 bits per heavy atom. The van der Waals surface area contributed by atoms with Crippen LogP contribution in [0.3, 0.4) is 0 Å². The zero-order valence-electron chi connectivity index (χ0n) is 16.2. The predicted octanol–water partition coefficient (Wildman–Crippen LogP) is 4.18. The number of benzene rings is 2. The number of anilines is 1. The van der Waals surface area contributed by atoms with Crippen LogP contribution in [-0.2, 0) is 17.5 Å². The molecule has 1 saturated heterocycles. The molecule has 0 bridgehead atoms. The maximum Gasteiger partial charge on any atom is 0.451 e. The summed E-state index contributed by atoms with van der Waals surface area (Å²) in [5, 5.41) is 3.53. The number of hydrogen-bond acceptors (Lipinski definition) is 4. The summed E-state index contributed by atoms with van der Waals surface area (Å²) in [6, 6.07) is 16.3. The van der Waals surface area contributed by atoms with E-state index in [0.717, 1.165) is 5.56 Å². The number of rotatable bonds is 4. The summed E-state index contributed by atoms with van der Waals surface area (Å²) in [7, 11) is 0. The Labute approximate surface area is 171 Å². The van der Waals surface area contributed by atoms with Gasteiger partial charge >= 0.3 is 6.18 Å². The highest BCUT2D eigenvalue weighted by atomic mass is 19.4. The van der Waals surface area contributed by atoms with Gasteiger partial charge in [-0.1, -0.05) is 42.5 Å². The SMILES string of the molecule is O=C(NCc1ccccc1)C1CCN(c2nc(C(F)(F)F)nc3ccccc23)CC1. The first-order valence-electron chi connectivity index (χ1n) is 9.82. The van der Waals surface area contributed by atoms with Gasteiger partial charge in [0, 0.05) is 30.9 Å². The van der Waals surface area contributed by atoms with Gasteiger partial charge in [0.05, 0.1) is 5.52 Å². The van der Waals surface area contributed by atoms with Crippen LogP contribution < -0.4 is 10.2 Å². The van der Waals surface area contributed by atoms with E-state index in [4.69, 9.17) is 0 Å². The molecule has 0 atom stereocenters. The van der Waals surface area contributed by atoms with E-state index < -0.39 is 12.0 Å². The standard InChI is InChI=1S/C22H21F3N4O/c23-22(24,25)21-27-18-9-5-4-8-17(18)19(28-21)29-12-10-16(11-13-29)20(30)26-14-15-6-2-1-3-7-15/h1-9,16H,10-14H2,(H,26,30). The fraction of sp³-hybridized carbons (Fsp3) is 0.318. The number of fused-ring (bicyclic) bond motifs is 1. The summed E-state index contributed by atoms with van der Waals surface area (Å²) >= 11 is 0. The molecular weight excluding hydrogens is 393 g/mol. The van der Waals surface area contributed by atoms with Crippen LogP contribution in [-0.4, -0.2) is 29.0 Å². The van der Waals surface area contributed by atoms with Crippen molar-refractivity contribution in [1.29, 1.82) is 0 Å². The highest BCUT2D eigenvalue weighted by Crippen LogP contribution is 2.33. The van der Waals surface area contributed by atoms with E-state index in [1.807, 2.05) is 35.2 Å². The second-order valence-corrected chi connectivity index (χ2v) is 7.35. The van der Waals surface area contributed by atoms with E-state index in [9.17, 15) is 18.0 Å². The molecule has 0 unspecified atom stereocenters. The number of carbonyl (C=O) groups is 1. The molecule has 0 aliphatic carbocycles. The minimum absolute atomic E-state index is 0.0259. The van der Waals surface area contributed by atoms with Crippen LogP contribution in [0, 0.1) is 5.92 Å². The lowest BCUT2D eigenvalue weighted by molar-refractivity contribution is -0.144. The van der Waals surface area contributed by atoms with Crippen molar-refractivity contribution in [3.8, 4) is 0 Å². The third kappa shape index (κ3) is 4.37. The summed E-state index contributed by atoms with van der Waals surface area (Å²) in [6.07, 6.45) is -3.50. The number of halogens is 3. The number of amides is 1. The zero-order valence-corrected chi connectivity index (χ0v) is 16.2. The van der Waals surface area contributed by atoms with Crippen LogP contribution in [0.4, 0.5) is 19.0 Å². The molecule has 5 nitrogen and oxygen atoms in total. The Morgan fingerprint density at radius 3 is 2.37 bits per heavy atom. The molecule has 1 aliphatic heterocycles. The molecule has 1 aromatic heterocycles. The molecule has 1 N–H and O–H groups in total. The van der Waals surface area contributed by atoms with Gasteiger partial charge in [-0.05, 0) is 30.5 Å². The van der Waals surface area contributed by atoms with Crippen molar-refractivity contribution < 1.29 is 18.0 Å². The number of hydrogen-bond donors (Lipinski definition) is 1. The van der Waals surface area contributed by atoms with Crippen LogP contribution in [0.1, 0.15) is 24.2 Å². The Morgan fingerprint density at radius 2 is 1.67 bits per heavy atom. The van der Waals surface area contributed by atoms with E-state index in [-0.39, 0.29) is 23.2 Å². The molecule has 1 amide bonds. The summed E-state index contributed by atoms with van der Waals surface area (Å²) < 4.78 is 39.8. The van der Waals surface area contributed by atoms with Crippen LogP contribution in [0.25, 0.3) is 10.9 Å². The lowest BCUT2D eigenvalue weighted by Crippen LogP contribution is -2.41. The smallest absolute Gasteiger partial charge is 0.356 e. The van der Waals surface area contributed by atoms with E-state index >= 15 is 0 Å². The number of nitrogens with zero attached hydrogens (tertiary/aromatic N) is 3. The topological polar surface area (TPSA) is 58.1 Å². The molecule has 0 spiro atoms. The van der Waals surface area contributed by atoms with Crippen molar-refractivity contribution >= 4 is 22.6 Å². The molecule has 30 heavy (non-hydrogen) atoms. The highest BCUT2D eigenvalue weighted by Gasteiger charge is 2.36. The van der Waals surface area contributed by atoms with Gasteiger partial charge in [0.15, 0.2) is 0 Å². The largest absolute Gasteiger partial charge is 0.451 e. The predicted molar refractivity (Wildman–Crippen MR) is 108 cm³/mol. The molecule has 2 aromatic carbocycles. The number of alkyl halides is 3. The lowest BCUT2D eigenvalue weighted by Gasteiger charge is -2.33. The van der Waals surface area contributed by atoms with Crippen molar-refractivity contribution in [2.45, 2.75) is 25.6 Å². The van der Waals surface area contributed by atoms with Gasteiger partial charge in [-0.3, -0.25) is 4.79 Å². The van der Waals surface area contributed by atoms with Crippen molar-refractivity contribution in [2.75, 3.05) is 18.0 Å². The van der Waals surface area contributed by atoms with Crippen LogP contribution in [0.5, 0.6) is 0 Å². The number of para-hydroxylation sites is 1. The fourth-order valence-corrected chi connectivity index (χ4v) is 3.71.